The van der Waals surface area contributed by atoms with Crippen molar-refractivity contribution in [3.05, 3.63) is 34.9 Å². The van der Waals surface area contributed by atoms with Crippen molar-refractivity contribution in [2.75, 3.05) is 19.0 Å². The zero-order valence-electron chi connectivity index (χ0n) is 14.2. The van der Waals surface area contributed by atoms with Gasteiger partial charge in [-0.1, -0.05) is 18.0 Å². The van der Waals surface area contributed by atoms with Crippen LogP contribution in [0.25, 0.3) is 0 Å². The first-order chi connectivity index (χ1) is 12.2. The number of aromatic nitrogens is 3. The number of hydrogen-bond donors (Lipinski definition) is 2. The molecule has 1 aliphatic rings. The van der Waals surface area contributed by atoms with Crippen molar-refractivity contribution >= 4 is 23.3 Å². The third kappa shape index (κ3) is 4.42. The summed E-state index contributed by atoms with van der Waals surface area (Å²) in [7, 11) is 1.57. The SMILES string of the molecule is COc1ccc(NC(=O)NCCc2nnc3n2CCCCC3)c(Cl)c1. The molecule has 0 spiro atoms. The van der Waals surface area contributed by atoms with Gasteiger partial charge in [-0.15, -0.1) is 10.2 Å². The van der Waals surface area contributed by atoms with Crippen LogP contribution in [0.3, 0.4) is 0 Å². The van der Waals surface area contributed by atoms with Gasteiger partial charge < -0.3 is 19.9 Å². The zero-order valence-corrected chi connectivity index (χ0v) is 15.0. The molecule has 25 heavy (non-hydrogen) atoms. The molecule has 0 aliphatic carbocycles. The van der Waals surface area contributed by atoms with Crippen molar-refractivity contribution in [2.45, 2.75) is 38.6 Å². The number of fused-ring (bicyclic) bond motifs is 1. The Morgan fingerprint density at radius 3 is 3.00 bits per heavy atom. The van der Waals surface area contributed by atoms with E-state index in [0.717, 1.165) is 31.0 Å². The molecule has 0 radical (unpaired) electrons. The Balaban J connectivity index is 1.51. The highest BCUT2D eigenvalue weighted by molar-refractivity contribution is 6.33. The normalized spacial score (nSPS) is 13.7. The fraction of sp³-hybridized carbons (Fsp3) is 0.471. The van der Waals surface area contributed by atoms with Gasteiger partial charge in [0, 0.05) is 32.0 Å². The number of anilines is 1. The lowest BCUT2D eigenvalue weighted by Crippen LogP contribution is -2.31. The Bertz CT molecular complexity index is 747. The summed E-state index contributed by atoms with van der Waals surface area (Å²) in [5, 5.41) is 14.5. The zero-order chi connectivity index (χ0) is 17.6. The molecule has 3 rings (SSSR count). The molecular weight excluding hydrogens is 342 g/mol. The second-order valence-electron chi connectivity index (χ2n) is 5.97. The van der Waals surface area contributed by atoms with Crippen LogP contribution in [0.15, 0.2) is 18.2 Å². The minimum atomic E-state index is -0.303. The number of amides is 2. The molecule has 1 aliphatic heterocycles. The molecule has 0 atom stereocenters. The minimum Gasteiger partial charge on any atom is -0.497 e. The number of nitrogens with one attached hydrogen (secondary N) is 2. The van der Waals surface area contributed by atoms with E-state index in [1.54, 1.807) is 25.3 Å². The standard InChI is InChI=1S/C17H22ClN5O2/c1-25-12-6-7-14(13(18)11-12)20-17(24)19-9-8-16-22-21-15-5-3-2-4-10-23(15)16/h6-7,11H,2-5,8-10H2,1H3,(H2,19,20,24). The van der Waals surface area contributed by atoms with Gasteiger partial charge in [0.1, 0.15) is 17.4 Å². The summed E-state index contributed by atoms with van der Waals surface area (Å²) in [6.07, 6.45) is 5.18. The van der Waals surface area contributed by atoms with Crippen LogP contribution < -0.4 is 15.4 Å². The fourth-order valence-corrected chi connectivity index (χ4v) is 3.13. The number of carbonyl (C=O) groups excluding carboxylic acids is 1. The predicted molar refractivity (Wildman–Crippen MR) is 96.3 cm³/mol. The summed E-state index contributed by atoms with van der Waals surface area (Å²) >= 11 is 6.12. The molecule has 2 aromatic rings. The summed E-state index contributed by atoms with van der Waals surface area (Å²) in [6.45, 7) is 1.45. The van der Waals surface area contributed by atoms with Gasteiger partial charge in [0.25, 0.3) is 0 Å². The maximum atomic E-state index is 12.0. The Morgan fingerprint density at radius 1 is 1.32 bits per heavy atom. The molecule has 7 nitrogen and oxygen atoms in total. The van der Waals surface area contributed by atoms with Crippen LogP contribution in [0.1, 0.15) is 30.9 Å². The average Bonchev–Trinajstić information content (AvgIpc) is 2.84. The van der Waals surface area contributed by atoms with Crippen LogP contribution in [-0.2, 0) is 19.4 Å². The topological polar surface area (TPSA) is 81.1 Å². The number of carbonyl (C=O) groups is 1. The quantitative estimate of drug-likeness (QED) is 0.855. The van der Waals surface area contributed by atoms with E-state index in [-0.39, 0.29) is 6.03 Å². The van der Waals surface area contributed by atoms with Crippen molar-refractivity contribution in [1.82, 2.24) is 20.1 Å². The largest absolute Gasteiger partial charge is 0.497 e. The summed E-state index contributed by atoms with van der Waals surface area (Å²) in [5.74, 6) is 2.63. The first-order valence-corrected chi connectivity index (χ1v) is 8.84. The van der Waals surface area contributed by atoms with E-state index >= 15 is 0 Å². The maximum absolute atomic E-state index is 12.0. The molecular formula is C17H22ClN5O2. The third-order valence-corrected chi connectivity index (χ3v) is 4.56. The first-order valence-electron chi connectivity index (χ1n) is 8.46. The van der Waals surface area contributed by atoms with Crippen LogP contribution in [0.2, 0.25) is 5.02 Å². The van der Waals surface area contributed by atoms with Crippen LogP contribution in [0.4, 0.5) is 10.5 Å². The highest BCUT2D eigenvalue weighted by atomic mass is 35.5. The van der Waals surface area contributed by atoms with Gasteiger partial charge in [-0.25, -0.2) is 4.79 Å². The molecule has 0 saturated carbocycles. The number of benzene rings is 1. The monoisotopic (exact) mass is 363 g/mol. The smallest absolute Gasteiger partial charge is 0.319 e. The van der Waals surface area contributed by atoms with E-state index in [0.29, 0.717) is 29.4 Å². The number of nitrogens with zero attached hydrogens (tertiary/aromatic N) is 3. The highest BCUT2D eigenvalue weighted by Gasteiger charge is 2.14. The Labute approximate surface area is 151 Å². The lowest BCUT2D eigenvalue weighted by atomic mass is 10.2. The van der Waals surface area contributed by atoms with Crippen molar-refractivity contribution in [1.29, 1.82) is 0 Å². The molecule has 2 heterocycles. The summed E-state index contributed by atoms with van der Waals surface area (Å²) in [4.78, 5) is 12.0. The van der Waals surface area contributed by atoms with E-state index in [9.17, 15) is 4.79 Å². The lowest BCUT2D eigenvalue weighted by molar-refractivity contribution is 0.252. The number of rotatable bonds is 5. The van der Waals surface area contributed by atoms with Crippen molar-refractivity contribution in [2.24, 2.45) is 0 Å². The van der Waals surface area contributed by atoms with Gasteiger partial charge in [-0.05, 0) is 25.0 Å². The second kappa shape index (κ2) is 8.20. The molecule has 1 aromatic carbocycles. The van der Waals surface area contributed by atoms with Crippen LogP contribution >= 0.6 is 11.6 Å². The van der Waals surface area contributed by atoms with Crippen molar-refractivity contribution in [3.8, 4) is 5.75 Å². The second-order valence-corrected chi connectivity index (χ2v) is 6.38. The van der Waals surface area contributed by atoms with Gasteiger partial charge in [0.15, 0.2) is 0 Å². The summed E-state index contributed by atoms with van der Waals surface area (Å²) < 4.78 is 7.28. The Morgan fingerprint density at radius 2 is 2.20 bits per heavy atom. The van der Waals surface area contributed by atoms with Gasteiger partial charge in [0.2, 0.25) is 0 Å². The average molecular weight is 364 g/mol. The maximum Gasteiger partial charge on any atom is 0.319 e. The highest BCUT2D eigenvalue weighted by Crippen LogP contribution is 2.26. The van der Waals surface area contributed by atoms with E-state index in [1.807, 2.05) is 0 Å². The van der Waals surface area contributed by atoms with Gasteiger partial charge in [0.05, 0.1) is 17.8 Å². The lowest BCUT2D eigenvalue weighted by Gasteiger charge is -2.10. The fourth-order valence-electron chi connectivity index (χ4n) is 2.91. The van der Waals surface area contributed by atoms with Gasteiger partial charge in [-0.2, -0.15) is 0 Å². The van der Waals surface area contributed by atoms with E-state index in [4.69, 9.17) is 16.3 Å². The van der Waals surface area contributed by atoms with E-state index < -0.39 is 0 Å². The molecule has 0 unspecified atom stereocenters. The molecule has 2 N–H and O–H groups in total. The minimum absolute atomic E-state index is 0.303. The number of hydrogen-bond acceptors (Lipinski definition) is 4. The number of aryl methyl sites for hydroxylation is 1. The van der Waals surface area contributed by atoms with Gasteiger partial charge in [-0.3, -0.25) is 0 Å². The molecule has 0 bridgehead atoms. The summed E-state index contributed by atoms with van der Waals surface area (Å²) in [6, 6.07) is 4.80. The Kier molecular flexibility index (Phi) is 5.75. The van der Waals surface area contributed by atoms with E-state index in [2.05, 4.69) is 25.4 Å². The van der Waals surface area contributed by atoms with Crippen LogP contribution in [0, 0.1) is 0 Å². The molecule has 0 saturated heterocycles. The third-order valence-electron chi connectivity index (χ3n) is 4.24. The number of methoxy groups -OCH3 is 1. The molecule has 1 aromatic heterocycles. The molecule has 0 fully saturated rings. The van der Waals surface area contributed by atoms with Gasteiger partial charge >= 0.3 is 6.03 Å². The predicted octanol–water partition coefficient (Wildman–Crippen LogP) is 3.03. The van der Waals surface area contributed by atoms with Crippen LogP contribution in [-0.4, -0.2) is 34.5 Å². The van der Waals surface area contributed by atoms with Crippen molar-refractivity contribution < 1.29 is 9.53 Å². The molecule has 134 valence electrons. The number of ether oxygens (including phenoxy) is 1. The molecule has 8 heteroatoms. The van der Waals surface area contributed by atoms with E-state index in [1.165, 1.54) is 12.8 Å². The number of urea groups is 1. The summed E-state index contributed by atoms with van der Waals surface area (Å²) in [5.41, 5.74) is 0.538. The van der Waals surface area contributed by atoms with Crippen LogP contribution in [0.5, 0.6) is 5.75 Å². The van der Waals surface area contributed by atoms with Crippen molar-refractivity contribution in [3.63, 3.8) is 0 Å². The number of halogens is 1. The first kappa shape index (κ1) is 17.5. The molecule has 2 amide bonds. The Hall–Kier alpha value is -2.28.